The predicted molar refractivity (Wildman–Crippen MR) is 60.1 cm³/mol. The van der Waals surface area contributed by atoms with Gasteiger partial charge in [-0.25, -0.2) is 0 Å². The Labute approximate surface area is 89.6 Å². The largest absolute Gasteiger partial charge is 0.355 e. The minimum absolute atomic E-state index is 0.0689. The van der Waals surface area contributed by atoms with Gasteiger partial charge in [0.25, 0.3) is 0 Å². The smallest absolute Gasteiger partial charge is 0.236 e. The van der Waals surface area contributed by atoms with Crippen molar-refractivity contribution in [2.24, 2.45) is 5.92 Å². The molecule has 3 heteroatoms. The van der Waals surface area contributed by atoms with Crippen LogP contribution in [0.3, 0.4) is 0 Å². The summed E-state index contributed by atoms with van der Waals surface area (Å²) in [6.45, 7) is 8.81. The summed E-state index contributed by atoms with van der Waals surface area (Å²) in [5.74, 6) is 0.679. The molecule has 0 radical (unpaired) electrons. The van der Waals surface area contributed by atoms with E-state index in [4.69, 9.17) is 0 Å². The standard InChI is InChI=1S/C10H20BrNO/c1-5-8(6-2)7-12-9(13)10(3,4)11/h8H,5-7H2,1-4H3,(H,12,13). The summed E-state index contributed by atoms with van der Waals surface area (Å²) in [5.41, 5.74) is 0. The highest BCUT2D eigenvalue weighted by molar-refractivity contribution is 9.10. The Morgan fingerprint density at radius 2 is 1.85 bits per heavy atom. The zero-order valence-electron chi connectivity index (χ0n) is 8.98. The third-order valence-electron chi connectivity index (χ3n) is 2.25. The predicted octanol–water partition coefficient (Wildman–Crippen LogP) is 2.71. The van der Waals surface area contributed by atoms with Gasteiger partial charge in [0, 0.05) is 6.54 Å². The van der Waals surface area contributed by atoms with Gasteiger partial charge in [-0.15, -0.1) is 0 Å². The molecule has 0 heterocycles. The van der Waals surface area contributed by atoms with Crippen molar-refractivity contribution in [2.75, 3.05) is 6.54 Å². The van der Waals surface area contributed by atoms with Crippen LogP contribution in [0.5, 0.6) is 0 Å². The Balaban J connectivity index is 3.82. The third-order valence-corrected chi connectivity index (χ3v) is 2.61. The number of hydrogen-bond acceptors (Lipinski definition) is 1. The van der Waals surface area contributed by atoms with Gasteiger partial charge >= 0.3 is 0 Å². The van der Waals surface area contributed by atoms with Crippen LogP contribution in [0.25, 0.3) is 0 Å². The van der Waals surface area contributed by atoms with Crippen LogP contribution in [0.1, 0.15) is 40.5 Å². The Hall–Kier alpha value is -0.0500. The highest BCUT2D eigenvalue weighted by Gasteiger charge is 2.23. The minimum atomic E-state index is -0.445. The summed E-state index contributed by atoms with van der Waals surface area (Å²) in [4.78, 5) is 11.4. The average molecular weight is 250 g/mol. The fourth-order valence-corrected chi connectivity index (χ4v) is 1.16. The van der Waals surface area contributed by atoms with E-state index in [0.29, 0.717) is 5.92 Å². The van der Waals surface area contributed by atoms with E-state index in [9.17, 15) is 4.79 Å². The fraction of sp³-hybridized carbons (Fsp3) is 0.900. The lowest BCUT2D eigenvalue weighted by atomic mass is 10.0. The molecular weight excluding hydrogens is 230 g/mol. The van der Waals surface area contributed by atoms with Gasteiger partial charge in [-0.05, 0) is 19.8 Å². The first-order chi connectivity index (χ1) is 5.91. The molecule has 0 spiro atoms. The van der Waals surface area contributed by atoms with Gasteiger partial charge < -0.3 is 5.32 Å². The molecule has 0 aromatic heterocycles. The van der Waals surface area contributed by atoms with E-state index in [1.165, 1.54) is 0 Å². The molecule has 0 aliphatic rings. The molecule has 0 aliphatic heterocycles. The second-order valence-corrected chi connectivity index (χ2v) is 5.85. The molecule has 0 unspecified atom stereocenters. The van der Waals surface area contributed by atoms with Gasteiger partial charge in [0.2, 0.25) is 5.91 Å². The average Bonchev–Trinajstić information content (AvgIpc) is 2.04. The molecule has 1 amide bonds. The summed E-state index contributed by atoms with van der Waals surface area (Å²) in [5, 5.41) is 2.94. The van der Waals surface area contributed by atoms with Crippen molar-refractivity contribution in [1.29, 1.82) is 0 Å². The molecule has 0 rings (SSSR count). The summed E-state index contributed by atoms with van der Waals surface area (Å²) in [6.07, 6.45) is 2.25. The highest BCUT2D eigenvalue weighted by Crippen LogP contribution is 2.15. The lowest BCUT2D eigenvalue weighted by Crippen LogP contribution is -2.39. The SMILES string of the molecule is CCC(CC)CNC(=O)C(C)(C)Br. The molecule has 0 saturated heterocycles. The Bertz CT molecular complexity index is 159. The summed E-state index contributed by atoms with van der Waals surface area (Å²) in [6, 6.07) is 0. The zero-order valence-corrected chi connectivity index (χ0v) is 10.6. The van der Waals surface area contributed by atoms with Crippen molar-refractivity contribution >= 4 is 21.8 Å². The molecular formula is C10H20BrNO. The second kappa shape index (κ2) is 5.63. The zero-order chi connectivity index (χ0) is 10.5. The van der Waals surface area contributed by atoms with E-state index < -0.39 is 4.32 Å². The first-order valence-electron chi connectivity index (χ1n) is 4.89. The van der Waals surface area contributed by atoms with Gasteiger partial charge in [-0.3, -0.25) is 4.79 Å². The minimum Gasteiger partial charge on any atom is -0.355 e. The van der Waals surface area contributed by atoms with E-state index >= 15 is 0 Å². The number of carbonyl (C=O) groups excluding carboxylic acids is 1. The van der Waals surface area contributed by atoms with E-state index in [-0.39, 0.29) is 5.91 Å². The monoisotopic (exact) mass is 249 g/mol. The van der Waals surface area contributed by atoms with Crippen LogP contribution >= 0.6 is 15.9 Å². The van der Waals surface area contributed by atoms with Crippen LogP contribution in [0, 0.1) is 5.92 Å². The number of hydrogen-bond donors (Lipinski definition) is 1. The van der Waals surface area contributed by atoms with E-state index in [1.807, 2.05) is 13.8 Å². The summed E-state index contributed by atoms with van der Waals surface area (Å²) in [7, 11) is 0. The first kappa shape index (κ1) is 12.9. The van der Waals surface area contributed by atoms with Gasteiger partial charge in [0.1, 0.15) is 0 Å². The number of nitrogens with one attached hydrogen (secondary N) is 1. The molecule has 0 aliphatic carbocycles. The molecule has 13 heavy (non-hydrogen) atoms. The molecule has 0 bridgehead atoms. The maximum Gasteiger partial charge on any atom is 0.236 e. The molecule has 0 atom stereocenters. The van der Waals surface area contributed by atoms with Crippen LogP contribution in [0.4, 0.5) is 0 Å². The highest BCUT2D eigenvalue weighted by atomic mass is 79.9. The summed E-state index contributed by atoms with van der Waals surface area (Å²) >= 11 is 3.33. The maximum absolute atomic E-state index is 11.4. The van der Waals surface area contributed by atoms with Gasteiger partial charge in [-0.1, -0.05) is 42.6 Å². The second-order valence-electron chi connectivity index (χ2n) is 3.87. The molecule has 2 nitrogen and oxygen atoms in total. The van der Waals surface area contributed by atoms with Gasteiger partial charge in [-0.2, -0.15) is 0 Å². The quantitative estimate of drug-likeness (QED) is 0.747. The van der Waals surface area contributed by atoms with E-state index in [0.717, 1.165) is 19.4 Å². The van der Waals surface area contributed by atoms with Crippen molar-refractivity contribution < 1.29 is 4.79 Å². The van der Waals surface area contributed by atoms with Gasteiger partial charge in [0.15, 0.2) is 0 Å². The Kier molecular flexibility index (Phi) is 5.61. The van der Waals surface area contributed by atoms with Crippen LogP contribution in [0.2, 0.25) is 0 Å². The van der Waals surface area contributed by atoms with Crippen LogP contribution in [-0.2, 0) is 4.79 Å². The number of amides is 1. The third kappa shape index (κ3) is 5.29. The fourth-order valence-electron chi connectivity index (χ4n) is 1.02. The number of rotatable bonds is 5. The normalized spacial score (nSPS) is 11.8. The first-order valence-corrected chi connectivity index (χ1v) is 5.68. The van der Waals surface area contributed by atoms with Crippen molar-refractivity contribution in [2.45, 2.75) is 44.9 Å². The van der Waals surface area contributed by atoms with Crippen molar-refractivity contribution in [3.05, 3.63) is 0 Å². The molecule has 0 aromatic carbocycles. The van der Waals surface area contributed by atoms with Crippen LogP contribution in [-0.4, -0.2) is 16.8 Å². The maximum atomic E-state index is 11.4. The topological polar surface area (TPSA) is 29.1 Å². The number of alkyl halides is 1. The molecule has 0 saturated carbocycles. The van der Waals surface area contributed by atoms with E-state index in [1.54, 1.807) is 0 Å². The lowest BCUT2D eigenvalue weighted by molar-refractivity contribution is -0.122. The summed E-state index contributed by atoms with van der Waals surface area (Å²) < 4.78 is -0.445. The number of halogens is 1. The van der Waals surface area contributed by atoms with Crippen molar-refractivity contribution in [3.8, 4) is 0 Å². The Morgan fingerprint density at radius 1 is 1.38 bits per heavy atom. The van der Waals surface area contributed by atoms with Crippen LogP contribution < -0.4 is 5.32 Å². The molecule has 78 valence electrons. The van der Waals surface area contributed by atoms with Crippen LogP contribution in [0.15, 0.2) is 0 Å². The van der Waals surface area contributed by atoms with Crippen molar-refractivity contribution in [3.63, 3.8) is 0 Å². The van der Waals surface area contributed by atoms with E-state index in [2.05, 4.69) is 35.1 Å². The number of carbonyl (C=O) groups is 1. The molecule has 0 aromatic rings. The molecule has 0 fully saturated rings. The Morgan fingerprint density at radius 3 is 2.15 bits per heavy atom. The van der Waals surface area contributed by atoms with Gasteiger partial charge in [0.05, 0.1) is 4.32 Å². The molecule has 1 N–H and O–H groups in total. The lowest BCUT2D eigenvalue weighted by Gasteiger charge is -2.19. The van der Waals surface area contributed by atoms with Crippen molar-refractivity contribution in [1.82, 2.24) is 5.32 Å².